The fourth-order valence-corrected chi connectivity index (χ4v) is 7.94. The minimum atomic E-state index is -0.597. The van der Waals surface area contributed by atoms with Crippen LogP contribution in [0.25, 0.3) is 0 Å². The van der Waals surface area contributed by atoms with E-state index in [4.69, 9.17) is 15.2 Å². The van der Waals surface area contributed by atoms with E-state index in [1.165, 1.54) is 0 Å². The number of carbonyl (C=O) groups is 3. The van der Waals surface area contributed by atoms with Gasteiger partial charge < -0.3 is 46.1 Å². The van der Waals surface area contributed by atoms with Crippen LogP contribution in [0.15, 0.2) is 103 Å². The standard InChI is InChI=1S/C44H52N6O6/c45-37-10-4-5-11-38(37)48-41(53)13-7-6-12-40(52)46-27-31-14-20-34(21-15-31)42-55-36(26-39(56-42)33-18-16-32(29-51)17-19-33)28-49-24-22-44(23-25-49)43(54)47-30-50(44)35-8-2-1-3-9-35/h1-5,8-11,14-21,36,39,42,51H,6-7,12-13,22-30,45H2,(H,46,52)(H,47,54)(H,48,53)/t36-,39+,42+/m0/s1. The molecule has 4 aromatic rings. The molecular formula is C44H52N6O6. The lowest BCUT2D eigenvalue weighted by molar-refractivity contribution is -0.253. The van der Waals surface area contributed by atoms with Crippen molar-refractivity contribution in [3.8, 4) is 0 Å². The summed E-state index contributed by atoms with van der Waals surface area (Å²) in [5.74, 6) is -0.0880. The lowest BCUT2D eigenvalue weighted by atomic mass is 9.85. The minimum absolute atomic E-state index is 0.0205. The number of carbonyl (C=O) groups excluding carboxylic acids is 3. The van der Waals surface area contributed by atoms with Crippen molar-refractivity contribution in [3.63, 3.8) is 0 Å². The maximum atomic E-state index is 13.2. The van der Waals surface area contributed by atoms with Crippen LogP contribution < -0.4 is 26.6 Å². The van der Waals surface area contributed by atoms with Crippen LogP contribution in [-0.4, -0.2) is 65.7 Å². The average molecular weight is 761 g/mol. The fourth-order valence-electron chi connectivity index (χ4n) is 7.94. The highest BCUT2D eigenvalue weighted by Crippen LogP contribution is 2.40. The molecule has 3 amide bonds. The van der Waals surface area contributed by atoms with E-state index in [9.17, 15) is 19.5 Å². The molecule has 0 radical (unpaired) electrons. The van der Waals surface area contributed by atoms with Crippen molar-refractivity contribution in [2.45, 2.75) is 82.1 Å². The van der Waals surface area contributed by atoms with Crippen LogP contribution in [0.3, 0.4) is 0 Å². The smallest absolute Gasteiger partial charge is 0.247 e. The van der Waals surface area contributed by atoms with E-state index in [1.54, 1.807) is 12.1 Å². The molecular weight excluding hydrogens is 709 g/mol. The highest BCUT2D eigenvalue weighted by molar-refractivity contribution is 5.94. The predicted octanol–water partition coefficient (Wildman–Crippen LogP) is 5.55. The molecule has 294 valence electrons. The maximum Gasteiger partial charge on any atom is 0.247 e. The van der Waals surface area contributed by atoms with E-state index in [0.29, 0.717) is 63.2 Å². The van der Waals surface area contributed by atoms with Crippen LogP contribution in [0.4, 0.5) is 17.1 Å². The van der Waals surface area contributed by atoms with Gasteiger partial charge in [0.15, 0.2) is 6.29 Å². The number of nitrogens with one attached hydrogen (secondary N) is 3. The molecule has 12 nitrogen and oxygen atoms in total. The number of anilines is 3. The highest BCUT2D eigenvalue weighted by atomic mass is 16.7. The third-order valence-electron chi connectivity index (χ3n) is 11.2. The molecule has 0 saturated carbocycles. The molecule has 3 heterocycles. The molecule has 3 saturated heterocycles. The van der Waals surface area contributed by atoms with Crippen LogP contribution in [0.1, 0.15) is 79.6 Å². The molecule has 3 fully saturated rings. The molecule has 12 heteroatoms. The second kappa shape index (κ2) is 18.1. The highest BCUT2D eigenvalue weighted by Gasteiger charge is 2.50. The van der Waals surface area contributed by atoms with Crippen LogP contribution >= 0.6 is 0 Å². The molecule has 6 N–H and O–H groups in total. The Morgan fingerprint density at radius 3 is 2.20 bits per heavy atom. The second-order valence-electron chi connectivity index (χ2n) is 15.0. The van der Waals surface area contributed by atoms with Gasteiger partial charge in [-0.25, -0.2) is 0 Å². The van der Waals surface area contributed by atoms with E-state index < -0.39 is 11.8 Å². The first-order chi connectivity index (χ1) is 27.3. The molecule has 56 heavy (non-hydrogen) atoms. The van der Waals surface area contributed by atoms with Crippen molar-refractivity contribution < 1.29 is 29.0 Å². The number of nitrogens with zero attached hydrogens (tertiary/aromatic N) is 2. The van der Waals surface area contributed by atoms with E-state index in [0.717, 1.165) is 53.9 Å². The number of ether oxygens (including phenoxy) is 2. The van der Waals surface area contributed by atoms with E-state index in [-0.39, 0.29) is 36.5 Å². The van der Waals surface area contributed by atoms with Gasteiger partial charge in [-0.3, -0.25) is 14.4 Å². The summed E-state index contributed by atoms with van der Waals surface area (Å²) in [6.45, 7) is 3.15. The normalized spacial score (nSPS) is 20.8. The Labute approximate surface area is 328 Å². The number of likely N-dealkylation sites (tertiary alicyclic amines) is 1. The summed E-state index contributed by atoms with van der Waals surface area (Å²) in [4.78, 5) is 42.7. The molecule has 0 aliphatic carbocycles. The van der Waals surface area contributed by atoms with Gasteiger partial charge in [-0.05, 0) is 66.6 Å². The fraction of sp³-hybridized carbons (Fsp3) is 0.386. The van der Waals surface area contributed by atoms with Crippen LogP contribution in [0, 0.1) is 0 Å². The number of hydrogen-bond donors (Lipinski definition) is 5. The number of unbranched alkanes of at least 4 members (excludes halogenated alkanes) is 1. The van der Waals surface area contributed by atoms with Crippen molar-refractivity contribution in [1.82, 2.24) is 15.5 Å². The van der Waals surface area contributed by atoms with Gasteiger partial charge >= 0.3 is 0 Å². The Morgan fingerprint density at radius 2 is 1.48 bits per heavy atom. The van der Waals surface area contributed by atoms with Crippen molar-refractivity contribution in [2.75, 3.05) is 42.3 Å². The summed E-state index contributed by atoms with van der Waals surface area (Å²) in [5, 5.41) is 18.5. The third-order valence-corrected chi connectivity index (χ3v) is 11.2. The number of nitrogens with two attached hydrogens (primary N) is 1. The number of amides is 3. The number of piperidine rings is 1. The third kappa shape index (κ3) is 9.39. The SMILES string of the molecule is Nc1ccccc1NC(=O)CCCCC(=O)NCc1ccc([C@@H]2O[C@H](CN3CCC4(CC3)C(=O)NCN4c3ccccc3)C[C@H](c3ccc(CO)cc3)O2)cc1. The van der Waals surface area contributed by atoms with Gasteiger partial charge in [0.2, 0.25) is 17.7 Å². The summed E-state index contributed by atoms with van der Waals surface area (Å²) >= 11 is 0. The van der Waals surface area contributed by atoms with Crippen molar-refractivity contribution in [1.29, 1.82) is 0 Å². The number of nitrogen functional groups attached to an aromatic ring is 1. The van der Waals surface area contributed by atoms with Gasteiger partial charge in [0.05, 0.1) is 36.9 Å². The first-order valence-corrected chi connectivity index (χ1v) is 19.6. The predicted molar refractivity (Wildman–Crippen MR) is 215 cm³/mol. The summed E-state index contributed by atoms with van der Waals surface area (Å²) < 4.78 is 13.2. The first-order valence-electron chi connectivity index (χ1n) is 19.6. The molecule has 1 spiro atoms. The topological polar surface area (TPSA) is 158 Å². The molecule has 3 aliphatic heterocycles. The van der Waals surface area contributed by atoms with Gasteiger partial charge in [-0.2, -0.15) is 0 Å². The minimum Gasteiger partial charge on any atom is -0.397 e. The Hall–Kier alpha value is -5.27. The molecule has 4 aromatic carbocycles. The molecule has 3 atom stereocenters. The monoisotopic (exact) mass is 760 g/mol. The van der Waals surface area contributed by atoms with Gasteiger partial charge in [-0.15, -0.1) is 0 Å². The van der Waals surface area contributed by atoms with E-state index in [2.05, 4.69) is 37.9 Å². The number of rotatable bonds is 14. The summed E-state index contributed by atoms with van der Waals surface area (Å²) in [6.07, 6.45) is 3.05. The Kier molecular flexibility index (Phi) is 12.6. The number of para-hydroxylation sites is 3. The molecule has 3 aliphatic rings. The van der Waals surface area contributed by atoms with Gasteiger partial charge in [0.25, 0.3) is 0 Å². The lowest BCUT2D eigenvalue weighted by Crippen LogP contribution is -2.57. The number of aliphatic hydroxyl groups excluding tert-OH is 1. The quantitative estimate of drug-likeness (QED) is 0.0821. The van der Waals surface area contributed by atoms with Crippen molar-refractivity contribution in [2.24, 2.45) is 0 Å². The molecule has 0 bridgehead atoms. The first kappa shape index (κ1) is 39.0. The van der Waals surface area contributed by atoms with Gasteiger partial charge in [-0.1, -0.05) is 78.9 Å². The van der Waals surface area contributed by atoms with Crippen LogP contribution in [-0.2, 0) is 37.0 Å². The van der Waals surface area contributed by atoms with Crippen molar-refractivity contribution >= 4 is 34.8 Å². The molecule has 7 rings (SSSR count). The zero-order chi connectivity index (χ0) is 38.9. The Bertz CT molecular complexity index is 1930. The molecule has 0 aromatic heterocycles. The number of hydrogen-bond acceptors (Lipinski definition) is 9. The zero-order valence-electron chi connectivity index (χ0n) is 31.7. The number of aliphatic hydroxyl groups is 1. The van der Waals surface area contributed by atoms with Gasteiger partial charge in [0, 0.05) is 56.7 Å². The largest absolute Gasteiger partial charge is 0.397 e. The maximum absolute atomic E-state index is 13.2. The second-order valence-corrected chi connectivity index (χ2v) is 15.0. The summed E-state index contributed by atoms with van der Waals surface area (Å²) in [7, 11) is 0. The lowest BCUT2D eigenvalue weighted by Gasteiger charge is -2.45. The van der Waals surface area contributed by atoms with E-state index >= 15 is 0 Å². The van der Waals surface area contributed by atoms with E-state index in [1.807, 2.05) is 78.9 Å². The van der Waals surface area contributed by atoms with Crippen LogP contribution in [0.5, 0.6) is 0 Å². The van der Waals surface area contributed by atoms with Crippen molar-refractivity contribution in [3.05, 3.63) is 125 Å². The zero-order valence-corrected chi connectivity index (χ0v) is 31.7. The summed E-state index contributed by atoms with van der Waals surface area (Å²) in [5.41, 5.74) is 11.2. The number of benzene rings is 4. The van der Waals surface area contributed by atoms with Gasteiger partial charge in [0.1, 0.15) is 5.54 Å². The summed E-state index contributed by atoms with van der Waals surface area (Å²) in [6, 6.07) is 33.1. The average Bonchev–Trinajstić information content (AvgIpc) is 3.55. The molecule has 0 unspecified atom stereocenters. The Morgan fingerprint density at radius 1 is 0.821 bits per heavy atom. The Balaban J connectivity index is 0.924. The van der Waals surface area contributed by atoms with Crippen LogP contribution in [0.2, 0.25) is 0 Å².